The van der Waals surface area contributed by atoms with Crippen LogP contribution in [0.5, 0.6) is 0 Å². The summed E-state index contributed by atoms with van der Waals surface area (Å²) >= 11 is 11.7. The quantitative estimate of drug-likeness (QED) is 0.381. The maximum atomic E-state index is 12.7. The second-order valence-electron chi connectivity index (χ2n) is 7.42. The average Bonchev–Trinajstić information content (AvgIpc) is 2.98. The van der Waals surface area contributed by atoms with Crippen molar-refractivity contribution in [2.45, 2.75) is 33.6 Å². The Bertz CT molecular complexity index is 1140. The van der Waals surface area contributed by atoms with E-state index in [1.807, 2.05) is 19.9 Å². The molecule has 6 nitrogen and oxygen atoms in total. The predicted molar refractivity (Wildman–Crippen MR) is 119 cm³/mol. The number of alkyl halides is 2. The Hall–Kier alpha value is -2.02. The highest BCUT2D eigenvalue weighted by Crippen LogP contribution is 2.35. The van der Waals surface area contributed by atoms with Gasteiger partial charge in [-0.25, -0.2) is 4.79 Å². The van der Waals surface area contributed by atoms with Gasteiger partial charge in [0, 0.05) is 58.9 Å². The van der Waals surface area contributed by atoms with Crippen LogP contribution in [0, 0.1) is 20.8 Å². The summed E-state index contributed by atoms with van der Waals surface area (Å²) in [5.41, 5.74) is 3.45. The molecule has 0 radical (unpaired) electrons. The van der Waals surface area contributed by atoms with Crippen LogP contribution in [-0.4, -0.2) is 47.4 Å². The van der Waals surface area contributed by atoms with E-state index < -0.39 is 5.97 Å². The molecule has 8 heteroatoms. The zero-order chi connectivity index (χ0) is 22.0. The molecule has 0 spiro atoms. The molecule has 0 bridgehead atoms. The summed E-state index contributed by atoms with van der Waals surface area (Å²) < 4.78 is 11.5. The molecule has 2 heterocycles. The van der Waals surface area contributed by atoms with Crippen LogP contribution >= 0.6 is 23.2 Å². The predicted octanol–water partition coefficient (Wildman–Crippen LogP) is 4.41. The standard InChI is InChI=1S/C22H25Cl2NO5/c1-12-15(4-7-25(8-5-23)9-6-24)22(28)30-20-13(2)21-18(10-16(12)20)17(11-19(26)27)14(3)29-21/h10H,4-9,11H2,1-3H3,(H,26,27). The zero-order valence-electron chi connectivity index (χ0n) is 17.3. The minimum absolute atomic E-state index is 0.127. The summed E-state index contributed by atoms with van der Waals surface area (Å²) in [4.78, 5) is 26.2. The van der Waals surface area contributed by atoms with E-state index in [-0.39, 0.29) is 12.0 Å². The highest BCUT2D eigenvalue weighted by atomic mass is 35.5. The number of benzene rings is 1. The van der Waals surface area contributed by atoms with Gasteiger partial charge in [0.05, 0.1) is 6.42 Å². The van der Waals surface area contributed by atoms with Crippen LogP contribution in [0.2, 0.25) is 0 Å². The molecule has 1 aromatic carbocycles. The van der Waals surface area contributed by atoms with Gasteiger partial charge < -0.3 is 18.8 Å². The van der Waals surface area contributed by atoms with Crippen molar-refractivity contribution in [2.75, 3.05) is 31.4 Å². The summed E-state index contributed by atoms with van der Waals surface area (Å²) in [7, 11) is 0. The Balaban J connectivity index is 2.12. The number of rotatable bonds is 9. The molecule has 3 aromatic rings. The van der Waals surface area contributed by atoms with Crippen LogP contribution in [0.3, 0.4) is 0 Å². The number of hydrogen-bond donors (Lipinski definition) is 1. The van der Waals surface area contributed by atoms with Crippen LogP contribution in [0.15, 0.2) is 19.7 Å². The molecule has 0 fully saturated rings. The molecule has 0 amide bonds. The maximum Gasteiger partial charge on any atom is 0.339 e. The fraction of sp³-hybridized carbons (Fsp3) is 0.455. The molecule has 0 aliphatic rings. The van der Waals surface area contributed by atoms with Crippen LogP contribution in [0.25, 0.3) is 21.9 Å². The lowest BCUT2D eigenvalue weighted by Gasteiger charge is -2.20. The highest BCUT2D eigenvalue weighted by Gasteiger charge is 2.21. The van der Waals surface area contributed by atoms with Crippen LogP contribution in [-0.2, 0) is 17.6 Å². The van der Waals surface area contributed by atoms with Crippen LogP contribution < -0.4 is 5.63 Å². The van der Waals surface area contributed by atoms with Gasteiger partial charge in [0.25, 0.3) is 0 Å². The van der Waals surface area contributed by atoms with E-state index in [1.165, 1.54) is 0 Å². The average molecular weight is 454 g/mol. The number of furan rings is 1. The number of hydrogen-bond acceptors (Lipinski definition) is 5. The molecule has 3 rings (SSSR count). The lowest BCUT2D eigenvalue weighted by Crippen LogP contribution is -2.31. The molecular weight excluding hydrogens is 429 g/mol. The third kappa shape index (κ3) is 4.36. The van der Waals surface area contributed by atoms with Gasteiger partial charge in [-0.05, 0) is 38.8 Å². The van der Waals surface area contributed by atoms with Gasteiger partial charge in [0.2, 0.25) is 0 Å². The molecule has 1 N–H and O–H groups in total. The molecule has 0 saturated heterocycles. The third-order valence-electron chi connectivity index (χ3n) is 5.57. The van der Waals surface area contributed by atoms with Gasteiger partial charge in [-0.15, -0.1) is 23.2 Å². The summed E-state index contributed by atoms with van der Waals surface area (Å²) in [5, 5.41) is 10.8. The fourth-order valence-corrected chi connectivity index (χ4v) is 4.41. The second kappa shape index (κ2) is 9.41. The van der Waals surface area contributed by atoms with E-state index in [4.69, 9.17) is 32.0 Å². The minimum Gasteiger partial charge on any atom is -0.481 e. The van der Waals surface area contributed by atoms with Gasteiger partial charge in [0.1, 0.15) is 16.9 Å². The number of nitrogens with zero attached hydrogens (tertiary/aromatic N) is 1. The van der Waals surface area contributed by atoms with Gasteiger partial charge in [-0.3, -0.25) is 4.79 Å². The molecule has 0 aliphatic carbocycles. The second-order valence-corrected chi connectivity index (χ2v) is 8.18. The number of fused-ring (bicyclic) bond motifs is 2. The van der Waals surface area contributed by atoms with Crippen molar-refractivity contribution < 1.29 is 18.7 Å². The fourth-order valence-electron chi connectivity index (χ4n) is 3.93. The van der Waals surface area contributed by atoms with Gasteiger partial charge in [-0.2, -0.15) is 0 Å². The topological polar surface area (TPSA) is 83.9 Å². The van der Waals surface area contributed by atoms with Gasteiger partial charge in [-0.1, -0.05) is 0 Å². The molecule has 0 saturated carbocycles. The summed E-state index contributed by atoms with van der Waals surface area (Å²) in [6.45, 7) is 7.50. The third-order valence-corrected chi connectivity index (χ3v) is 5.91. The molecule has 0 aliphatic heterocycles. The number of carboxylic acids is 1. The lowest BCUT2D eigenvalue weighted by atomic mass is 9.98. The first-order valence-electron chi connectivity index (χ1n) is 9.82. The van der Waals surface area contributed by atoms with Crippen LogP contribution in [0.4, 0.5) is 0 Å². The Kier molecular flexibility index (Phi) is 7.11. The normalized spacial score (nSPS) is 11.8. The summed E-state index contributed by atoms with van der Waals surface area (Å²) in [6, 6.07) is 1.88. The Labute approximate surface area is 184 Å². The number of carboxylic acid groups (broad SMARTS) is 1. The summed E-state index contributed by atoms with van der Waals surface area (Å²) in [5.74, 6) is 0.620. The first-order valence-corrected chi connectivity index (χ1v) is 10.9. The van der Waals surface area contributed by atoms with Crippen LogP contribution in [0.1, 0.15) is 28.0 Å². The van der Waals surface area contributed by atoms with E-state index in [0.717, 1.165) is 16.3 Å². The number of aliphatic carboxylic acids is 1. The van der Waals surface area contributed by atoms with Gasteiger partial charge >= 0.3 is 11.6 Å². The summed E-state index contributed by atoms with van der Waals surface area (Å²) in [6.07, 6.45) is 0.389. The molecule has 0 unspecified atom stereocenters. The SMILES string of the molecule is Cc1oc2c(C)c3oc(=O)c(CCN(CCCl)CCCl)c(C)c3cc2c1CC(=O)O. The largest absolute Gasteiger partial charge is 0.481 e. The lowest BCUT2D eigenvalue weighted by molar-refractivity contribution is -0.136. The van der Waals surface area contributed by atoms with Crippen molar-refractivity contribution in [2.24, 2.45) is 0 Å². The Morgan fingerprint density at radius 1 is 0.967 bits per heavy atom. The van der Waals surface area contributed by atoms with Crippen molar-refractivity contribution in [3.8, 4) is 0 Å². The molecule has 162 valence electrons. The molecule has 2 aromatic heterocycles. The van der Waals surface area contributed by atoms with Crippen molar-refractivity contribution in [1.82, 2.24) is 4.90 Å². The first kappa shape index (κ1) is 22.7. The monoisotopic (exact) mass is 453 g/mol. The molecule has 0 atom stereocenters. The number of halogens is 2. The number of carbonyl (C=O) groups is 1. The van der Waals surface area contributed by atoms with Crippen molar-refractivity contribution in [3.05, 3.63) is 44.5 Å². The van der Waals surface area contributed by atoms with Crippen molar-refractivity contribution >= 4 is 51.1 Å². The van der Waals surface area contributed by atoms with E-state index in [1.54, 1.807) is 6.92 Å². The van der Waals surface area contributed by atoms with Crippen molar-refractivity contribution in [1.29, 1.82) is 0 Å². The van der Waals surface area contributed by atoms with Crippen molar-refractivity contribution in [3.63, 3.8) is 0 Å². The molecular formula is C22H25Cl2NO5. The van der Waals surface area contributed by atoms with Gasteiger partial charge in [0.15, 0.2) is 0 Å². The zero-order valence-corrected chi connectivity index (χ0v) is 18.8. The number of aryl methyl sites for hydroxylation is 3. The van der Waals surface area contributed by atoms with E-state index in [0.29, 0.717) is 71.4 Å². The molecule has 30 heavy (non-hydrogen) atoms. The van der Waals surface area contributed by atoms with E-state index in [9.17, 15) is 14.7 Å². The minimum atomic E-state index is -0.922. The Morgan fingerprint density at radius 2 is 1.60 bits per heavy atom. The van der Waals surface area contributed by atoms with E-state index in [2.05, 4.69) is 4.90 Å². The Morgan fingerprint density at radius 3 is 2.20 bits per heavy atom. The maximum absolute atomic E-state index is 12.7. The highest BCUT2D eigenvalue weighted by molar-refractivity contribution is 6.18. The first-order chi connectivity index (χ1) is 14.3. The smallest absolute Gasteiger partial charge is 0.339 e. The van der Waals surface area contributed by atoms with E-state index >= 15 is 0 Å².